The molecule has 0 aromatic heterocycles. The van der Waals surface area contributed by atoms with Gasteiger partial charge in [0.25, 0.3) is 0 Å². The molecule has 0 spiro atoms. The Morgan fingerprint density at radius 1 is 1.05 bits per heavy atom. The highest BCUT2D eigenvalue weighted by Crippen LogP contribution is 2.16. The van der Waals surface area contributed by atoms with Crippen LogP contribution in [0.1, 0.15) is 26.3 Å². The maximum absolute atomic E-state index is 11.6. The highest BCUT2D eigenvalue weighted by Gasteiger charge is 2.23. The van der Waals surface area contributed by atoms with Crippen LogP contribution in [-0.2, 0) is 11.3 Å². The maximum atomic E-state index is 11.6. The third-order valence-electron chi connectivity index (χ3n) is 3.90. The minimum absolute atomic E-state index is 0.209. The molecule has 2 atom stereocenters. The molecule has 1 heterocycles. The summed E-state index contributed by atoms with van der Waals surface area (Å²) in [6.45, 7) is 11.0. The Bertz CT molecular complexity index is 418. The highest BCUT2D eigenvalue weighted by atomic mass is 16.2. The zero-order valence-electron chi connectivity index (χ0n) is 12.9. The molecule has 0 bridgehead atoms. The Morgan fingerprint density at radius 2 is 1.60 bits per heavy atom. The first-order chi connectivity index (χ1) is 9.54. The zero-order chi connectivity index (χ0) is 14.5. The van der Waals surface area contributed by atoms with Gasteiger partial charge in [-0.25, -0.2) is 0 Å². The molecule has 1 aliphatic rings. The van der Waals surface area contributed by atoms with E-state index >= 15 is 0 Å². The van der Waals surface area contributed by atoms with Crippen LogP contribution in [0.25, 0.3) is 0 Å². The van der Waals surface area contributed by atoms with E-state index in [0.29, 0.717) is 11.8 Å². The van der Waals surface area contributed by atoms with Crippen LogP contribution in [0.5, 0.6) is 0 Å². The molecule has 1 saturated heterocycles. The SMILES string of the molecule is CC(=O)N1CC(C)CN(Cc2ccccc2)CC(C)C1. The van der Waals surface area contributed by atoms with Crippen molar-refractivity contribution in [1.82, 2.24) is 9.80 Å². The van der Waals surface area contributed by atoms with Gasteiger partial charge in [0.1, 0.15) is 0 Å². The smallest absolute Gasteiger partial charge is 0.219 e. The van der Waals surface area contributed by atoms with Crippen LogP contribution in [-0.4, -0.2) is 41.9 Å². The predicted octanol–water partition coefficient (Wildman–Crippen LogP) is 2.62. The van der Waals surface area contributed by atoms with Crippen LogP contribution < -0.4 is 0 Å². The molecular formula is C17H26N2O. The van der Waals surface area contributed by atoms with Gasteiger partial charge in [-0.3, -0.25) is 9.69 Å². The number of amides is 1. The minimum atomic E-state index is 0.209. The van der Waals surface area contributed by atoms with Crippen molar-refractivity contribution >= 4 is 5.91 Å². The average molecular weight is 274 g/mol. The van der Waals surface area contributed by atoms with E-state index in [1.54, 1.807) is 6.92 Å². The lowest BCUT2D eigenvalue weighted by Gasteiger charge is -2.36. The lowest BCUT2D eigenvalue weighted by Crippen LogP contribution is -2.45. The fourth-order valence-electron chi connectivity index (χ4n) is 3.13. The second kappa shape index (κ2) is 6.89. The Labute approximate surface area is 122 Å². The average Bonchev–Trinajstić information content (AvgIpc) is 2.37. The first-order valence-corrected chi connectivity index (χ1v) is 7.56. The minimum Gasteiger partial charge on any atom is -0.342 e. The summed E-state index contributed by atoms with van der Waals surface area (Å²) in [7, 11) is 0. The maximum Gasteiger partial charge on any atom is 0.219 e. The molecule has 3 heteroatoms. The van der Waals surface area contributed by atoms with Gasteiger partial charge in [0.2, 0.25) is 5.91 Å². The fourth-order valence-corrected chi connectivity index (χ4v) is 3.13. The second-order valence-corrected chi connectivity index (χ2v) is 6.31. The molecule has 0 aliphatic carbocycles. The van der Waals surface area contributed by atoms with Crippen molar-refractivity contribution in [2.24, 2.45) is 11.8 Å². The molecular weight excluding hydrogens is 248 g/mol. The molecule has 2 rings (SSSR count). The Hall–Kier alpha value is -1.35. The molecule has 1 aromatic rings. The van der Waals surface area contributed by atoms with Crippen LogP contribution >= 0.6 is 0 Å². The highest BCUT2D eigenvalue weighted by molar-refractivity contribution is 5.73. The lowest BCUT2D eigenvalue weighted by molar-refractivity contribution is -0.130. The number of carbonyl (C=O) groups is 1. The summed E-state index contributed by atoms with van der Waals surface area (Å²) >= 11 is 0. The number of carbonyl (C=O) groups excluding carboxylic acids is 1. The van der Waals surface area contributed by atoms with Crippen molar-refractivity contribution in [2.45, 2.75) is 27.3 Å². The van der Waals surface area contributed by atoms with Gasteiger partial charge in [0.15, 0.2) is 0 Å². The van der Waals surface area contributed by atoms with Crippen LogP contribution in [0.2, 0.25) is 0 Å². The van der Waals surface area contributed by atoms with Crippen molar-refractivity contribution in [3.8, 4) is 0 Å². The van der Waals surface area contributed by atoms with Gasteiger partial charge in [0, 0.05) is 39.6 Å². The van der Waals surface area contributed by atoms with E-state index in [1.807, 2.05) is 4.90 Å². The third kappa shape index (κ3) is 4.34. The molecule has 0 radical (unpaired) electrons. The van der Waals surface area contributed by atoms with Gasteiger partial charge in [-0.05, 0) is 17.4 Å². The van der Waals surface area contributed by atoms with E-state index in [4.69, 9.17) is 0 Å². The van der Waals surface area contributed by atoms with Crippen LogP contribution in [0, 0.1) is 11.8 Å². The first-order valence-electron chi connectivity index (χ1n) is 7.56. The van der Waals surface area contributed by atoms with Crippen molar-refractivity contribution in [2.75, 3.05) is 26.2 Å². The van der Waals surface area contributed by atoms with E-state index in [2.05, 4.69) is 49.1 Å². The summed E-state index contributed by atoms with van der Waals surface area (Å²) in [4.78, 5) is 16.2. The number of hydrogen-bond donors (Lipinski definition) is 0. The lowest BCUT2D eigenvalue weighted by atomic mass is 10.0. The normalized spacial score (nSPS) is 25.1. The molecule has 110 valence electrons. The van der Waals surface area contributed by atoms with Gasteiger partial charge >= 0.3 is 0 Å². The van der Waals surface area contributed by atoms with Crippen LogP contribution in [0.15, 0.2) is 30.3 Å². The second-order valence-electron chi connectivity index (χ2n) is 6.31. The van der Waals surface area contributed by atoms with Crippen molar-refractivity contribution in [3.63, 3.8) is 0 Å². The summed E-state index contributed by atoms with van der Waals surface area (Å²) in [6, 6.07) is 10.6. The molecule has 0 saturated carbocycles. The van der Waals surface area contributed by atoms with E-state index < -0.39 is 0 Å². The quantitative estimate of drug-likeness (QED) is 0.827. The molecule has 2 unspecified atom stereocenters. The van der Waals surface area contributed by atoms with Crippen LogP contribution in [0.4, 0.5) is 0 Å². The summed E-state index contributed by atoms with van der Waals surface area (Å²) in [5, 5.41) is 0. The van der Waals surface area contributed by atoms with Crippen molar-refractivity contribution in [3.05, 3.63) is 35.9 Å². The zero-order valence-corrected chi connectivity index (χ0v) is 12.9. The molecule has 1 fully saturated rings. The summed E-state index contributed by atoms with van der Waals surface area (Å²) in [5.41, 5.74) is 1.37. The largest absolute Gasteiger partial charge is 0.342 e. The Kier molecular flexibility index (Phi) is 5.18. The number of hydrogen-bond acceptors (Lipinski definition) is 2. The topological polar surface area (TPSA) is 23.6 Å². The Balaban J connectivity index is 2.00. The monoisotopic (exact) mass is 274 g/mol. The Morgan fingerprint density at radius 3 is 2.10 bits per heavy atom. The number of rotatable bonds is 2. The molecule has 20 heavy (non-hydrogen) atoms. The van der Waals surface area contributed by atoms with Gasteiger partial charge in [-0.15, -0.1) is 0 Å². The van der Waals surface area contributed by atoms with E-state index in [0.717, 1.165) is 32.7 Å². The molecule has 1 aliphatic heterocycles. The predicted molar refractivity (Wildman–Crippen MR) is 82.3 cm³/mol. The van der Waals surface area contributed by atoms with E-state index in [9.17, 15) is 4.79 Å². The van der Waals surface area contributed by atoms with Gasteiger partial charge in [0.05, 0.1) is 0 Å². The summed E-state index contributed by atoms with van der Waals surface area (Å²) in [6.07, 6.45) is 0. The molecule has 1 aromatic carbocycles. The van der Waals surface area contributed by atoms with Gasteiger partial charge in [-0.1, -0.05) is 44.2 Å². The van der Waals surface area contributed by atoms with E-state index in [-0.39, 0.29) is 5.91 Å². The summed E-state index contributed by atoms with van der Waals surface area (Å²) in [5.74, 6) is 1.26. The van der Waals surface area contributed by atoms with Crippen molar-refractivity contribution in [1.29, 1.82) is 0 Å². The van der Waals surface area contributed by atoms with Gasteiger partial charge < -0.3 is 4.90 Å². The van der Waals surface area contributed by atoms with Gasteiger partial charge in [-0.2, -0.15) is 0 Å². The number of benzene rings is 1. The summed E-state index contributed by atoms with van der Waals surface area (Å²) < 4.78 is 0. The molecule has 1 amide bonds. The third-order valence-corrected chi connectivity index (χ3v) is 3.90. The number of nitrogens with zero attached hydrogens (tertiary/aromatic N) is 2. The molecule has 3 nitrogen and oxygen atoms in total. The first kappa shape index (κ1) is 15.0. The van der Waals surface area contributed by atoms with E-state index in [1.165, 1.54) is 5.56 Å². The molecule has 0 N–H and O–H groups in total. The van der Waals surface area contributed by atoms with Crippen molar-refractivity contribution < 1.29 is 4.79 Å². The standard InChI is InChI=1S/C17H26N2O/c1-14-9-18(13-17-7-5-4-6-8-17)10-15(2)12-19(11-14)16(3)20/h4-8,14-15H,9-13H2,1-3H3. The fraction of sp³-hybridized carbons (Fsp3) is 0.588. The van der Waals surface area contributed by atoms with Crippen LogP contribution in [0.3, 0.4) is 0 Å².